The quantitative estimate of drug-likeness (QED) is 0.621. The molecule has 0 unspecified atom stereocenters. The predicted molar refractivity (Wildman–Crippen MR) is 117 cm³/mol. The van der Waals surface area contributed by atoms with Crippen molar-refractivity contribution in [3.63, 3.8) is 0 Å². The van der Waals surface area contributed by atoms with Crippen molar-refractivity contribution in [2.24, 2.45) is 0 Å². The fraction of sp³-hybridized carbons (Fsp3) is 0.261. The number of ether oxygens (including phenoxy) is 1. The van der Waals surface area contributed by atoms with Gasteiger partial charge in [0.05, 0.1) is 41.8 Å². The summed E-state index contributed by atoms with van der Waals surface area (Å²) in [6.45, 7) is 4.14. The van der Waals surface area contributed by atoms with E-state index in [1.165, 1.54) is 6.20 Å². The normalized spacial score (nSPS) is 13.9. The minimum Gasteiger partial charge on any atom is -0.378 e. The molecule has 4 rings (SSSR count). The summed E-state index contributed by atoms with van der Waals surface area (Å²) in [5.41, 5.74) is 1.29. The van der Waals surface area contributed by atoms with Gasteiger partial charge >= 0.3 is 6.18 Å². The molecule has 1 saturated heterocycles. The van der Waals surface area contributed by atoms with Gasteiger partial charge in [-0.3, -0.25) is 14.8 Å². The van der Waals surface area contributed by atoms with Crippen LogP contribution in [0.2, 0.25) is 0 Å². The Labute approximate surface area is 193 Å². The number of hydrogen-bond donors (Lipinski definition) is 1. The average Bonchev–Trinajstić information content (AvgIpc) is 2.85. The molecule has 3 aromatic rings. The maximum absolute atomic E-state index is 12.9. The fourth-order valence-electron chi connectivity index (χ4n) is 3.53. The number of carbonyl (C=O) groups is 1. The standard InChI is InChI=1S/C23H19F3N6O2/c1-14-20(16-6-15(9-27)21(30-11-16)32-2-4-34-5-3-32)8-19(13-29-14)31-22(33)17-7-18(12-28-10-17)23(24,25)26/h6-8,10-13H,2-5H2,1H3,(H,31,33). The van der Waals surface area contributed by atoms with Gasteiger partial charge in [-0.05, 0) is 25.1 Å². The highest BCUT2D eigenvalue weighted by Gasteiger charge is 2.31. The molecule has 0 atom stereocenters. The van der Waals surface area contributed by atoms with Crippen LogP contribution in [-0.4, -0.2) is 47.2 Å². The van der Waals surface area contributed by atoms with E-state index in [1.54, 1.807) is 25.3 Å². The van der Waals surface area contributed by atoms with Crippen LogP contribution in [0.3, 0.4) is 0 Å². The Bertz CT molecular complexity index is 1270. The highest BCUT2D eigenvalue weighted by atomic mass is 19.4. The van der Waals surface area contributed by atoms with Crippen LogP contribution in [0, 0.1) is 18.3 Å². The number of rotatable bonds is 4. The first-order chi connectivity index (χ1) is 16.3. The Kier molecular flexibility index (Phi) is 6.43. The highest BCUT2D eigenvalue weighted by Crippen LogP contribution is 2.30. The summed E-state index contributed by atoms with van der Waals surface area (Å²) >= 11 is 0. The van der Waals surface area contributed by atoms with E-state index < -0.39 is 17.6 Å². The van der Waals surface area contributed by atoms with Crippen LogP contribution in [0.5, 0.6) is 0 Å². The molecule has 11 heteroatoms. The van der Waals surface area contributed by atoms with Crippen LogP contribution in [0.25, 0.3) is 11.1 Å². The monoisotopic (exact) mass is 468 g/mol. The van der Waals surface area contributed by atoms with E-state index in [2.05, 4.69) is 26.3 Å². The van der Waals surface area contributed by atoms with Crippen LogP contribution in [0.4, 0.5) is 24.7 Å². The first kappa shape index (κ1) is 23.1. The van der Waals surface area contributed by atoms with Gasteiger partial charge in [-0.1, -0.05) is 0 Å². The van der Waals surface area contributed by atoms with Gasteiger partial charge in [0.15, 0.2) is 0 Å². The number of amides is 1. The zero-order valence-corrected chi connectivity index (χ0v) is 18.1. The number of halogens is 3. The average molecular weight is 468 g/mol. The number of nitrogens with one attached hydrogen (secondary N) is 1. The van der Waals surface area contributed by atoms with Crippen molar-refractivity contribution in [2.75, 3.05) is 36.5 Å². The molecular weight excluding hydrogens is 449 g/mol. The molecule has 1 amide bonds. The highest BCUT2D eigenvalue weighted by molar-refractivity contribution is 6.04. The van der Waals surface area contributed by atoms with E-state index in [0.29, 0.717) is 60.7 Å². The SMILES string of the molecule is Cc1ncc(NC(=O)c2cncc(C(F)(F)F)c2)cc1-c1cnc(N2CCOCC2)c(C#N)c1. The molecule has 0 spiro atoms. The van der Waals surface area contributed by atoms with Crippen LogP contribution in [0.15, 0.2) is 43.0 Å². The molecule has 1 aliphatic rings. The number of aryl methyl sites for hydroxylation is 1. The van der Waals surface area contributed by atoms with Crippen molar-refractivity contribution in [3.05, 3.63) is 65.4 Å². The maximum atomic E-state index is 12.9. The molecule has 1 aliphatic heterocycles. The van der Waals surface area contributed by atoms with Gasteiger partial charge in [0.1, 0.15) is 11.9 Å². The topological polar surface area (TPSA) is 104 Å². The summed E-state index contributed by atoms with van der Waals surface area (Å²) in [6, 6.07) is 6.24. The van der Waals surface area contributed by atoms with Crippen molar-refractivity contribution in [1.82, 2.24) is 15.0 Å². The minimum absolute atomic E-state index is 0.236. The van der Waals surface area contributed by atoms with Crippen LogP contribution in [-0.2, 0) is 10.9 Å². The molecule has 0 saturated carbocycles. The number of pyridine rings is 3. The summed E-state index contributed by atoms with van der Waals surface area (Å²) in [5.74, 6) is -0.185. The second kappa shape index (κ2) is 9.44. The number of carbonyl (C=O) groups excluding carboxylic acids is 1. The Morgan fingerprint density at radius 3 is 2.59 bits per heavy atom. The van der Waals surface area contributed by atoms with Gasteiger partial charge in [-0.15, -0.1) is 0 Å². The van der Waals surface area contributed by atoms with Crippen LogP contribution in [0.1, 0.15) is 27.2 Å². The van der Waals surface area contributed by atoms with Gasteiger partial charge in [-0.25, -0.2) is 4.98 Å². The summed E-state index contributed by atoms with van der Waals surface area (Å²) in [6.07, 6.45) is 0.125. The van der Waals surface area contributed by atoms with Crippen molar-refractivity contribution < 1.29 is 22.7 Å². The third-order valence-corrected chi connectivity index (χ3v) is 5.28. The molecule has 174 valence electrons. The molecule has 0 radical (unpaired) electrons. The Hall–Kier alpha value is -4.04. The van der Waals surface area contributed by atoms with Gasteiger partial charge in [0.25, 0.3) is 5.91 Å². The van der Waals surface area contributed by atoms with Crippen LogP contribution >= 0.6 is 0 Å². The van der Waals surface area contributed by atoms with Crippen molar-refractivity contribution in [1.29, 1.82) is 5.26 Å². The lowest BCUT2D eigenvalue weighted by Crippen LogP contribution is -2.37. The van der Waals surface area contributed by atoms with Crippen LogP contribution < -0.4 is 10.2 Å². The number of aromatic nitrogens is 3. The Balaban J connectivity index is 1.60. The smallest absolute Gasteiger partial charge is 0.378 e. The van der Waals surface area contributed by atoms with E-state index in [1.807, 2.05) is 4.90 Å². The number of anilines is 2. The summed E-state index contributed by atoms with van der Waals surface area (Å²) < 4.78 is 44.1. The first-order valence-electron chi connectivity index (χ1n) is 10.3. The van der Waals surface area contributed by atoms with Crippen molar-refractivity contribution in [3.8, 4) is 17.2 Å². The fourth-order valence-corrected chi connectivity index (χ4v) is 3.53. The molecule has 4 heterocycles. The van der Waals surface area contributed by atoms with Gasteiger partial charge in [0.2, 0.25) is 0 Å². The summed E-state index contributed by atoms with van der Waals surface area (Å²) in [5, 5.41) is 12.2. The first-order valence-corrected chi connectivity index (χ1v) is 10.3. The maximum Gasteiger partial charge on any atom is 0.417 e. The third kappa shape index (κ3) is 4.97. The summed E-state index contributed by atoms with van der Waals surface area (Å²) in [7, 11) is 0. The van der Waals surface area contributed by atoms with Crippen molar-refractivity contribution >= 4 is 17.4 Å². The number of hydrogen-bond acceptors (Lipinski definition) is 7. The van der Waals surface area contributed by atoms with Crippen molar-refractivity contribution in [2.45, 2.75) is 13.1 Å². The molecule has 1 fully saturated rings. The lowest BCUT2D eigenvalue weighted by atomic mass is 10.0. The second-order valence-electron chi connectivity index (χ2n) is 7.58. The number of nitriles is 1. The molecule has 1 N–H and O–H groups in total. The predicted octanol–water partition coefficient (Wildman–Crippen LogP) is 3.83. The number of alkyl halides is 3. The van der Waals surface area contributed by atoms with E-state index in [9.17, 15) is 23.2 Å². The van der Waals surface area contributed by atoms with Gasteiger partial charge in [-0.2, -0.15) is 18.4 Å². The largest absolute Gasteiger partial charge is 0.417 e. The molecule has 34 heavy (non-hydrogen) atoms. The molecular formula is C23H19F3N6O2. The molecule has 3 aromatic heterocycles. The Morgan fingerprint density at radius 1 is 1.12 bits per heavy atom. The van der Waals surface area contributed by atoms with Gasteiger partial charge in [0, 0.05) is 48.5 Å². The van der Waals surface area contributed by atoms with E-state index in [4.69, 9.17) is 4.74 Å². The summed E-state index contributed by atoms with van der Waals surface area (Å²) in [4.78, 5) is 26.8. The third-order valence-electron chi connectivity index (χ3n) is 5.28. The van der Waals surface area contributed by atoms with Gasteiger partial charge < -0.3 is 15.0 Å². The lowest BCUT2D eigenvalue weighted by Gasteiger charge is -2.28. The van der Waals surface area contributed by atoms with E-state index >= 15 is 0 Å². The zero-order valence-electron chi connectivity index (χ0n) is 18.1. The zero-order chi connectivity index (χ0) is 24.3. The Morgan fingerprint density at radius 2 is 1.88 bits per heavy atom. The lowest BCUT2D eigenvalue weighted by molar-refractivity contribution is -0.137. The number of nitrogens with zero attached hydrogens (tertiary/aromatic N) is 5. The molecule has 0 aliphatic carbocycles. The second-order valence-corrected chi connectivity index (χ2v) is 7.58. The minimum atomic E-state index is -4.61. The molecule has 0 bridgehead atoms. The van der Waals surface area contributed by atoms with E-state index in [0.717, 1.165) is 12.3 Å². The van der Waals surface area contributed by atoms with E-state index in [-0.39, 0.29) is 11.3 Å². The molecule has 8 nitrogen and oxygen atoms in total. The molecule has 0 aromatic carbocycles. The number of morpholine rings is 1.